The molecule has 2 aromatic heterocycles. The maximum absolute atomic E-state index is 5.96. The molecule has 25 heavy (non-hydrogen) atoms. The van der Waals surface area contributed by atoms with Gasteiger partial charge in [0.1, 0.15) is 5.75 Å². The van der Waals surface area contributed by atoms with Gasteiger partial charge in [-0.3, -0.25) is 0 Å². The molecule has 130 valence electrons. The van der Waals surface area contributed by atoms with E-state index >= 15 is 0 Å². The highest BCUT2D eigenvalue weighted by molar-refractivity contribution is 6.28. The molecule has 0 unspecified atom stereocenters. The molecule has 9 heteroatoms. The maximum atomic E-state index is 5.96. The van der Waals surface area contributed by atoms with E-state index in [0.29, 0.717) is 17.6 Å². The lowest BCUT2D eigenvalue weighted by Gasteiger charge is -2.14. The molecule has 0 spiro atoms. The molecule has 3 rings (SSSR count). The molecule has 8 nitrogen and oxygen atoms in total. The van der Waals surface area contributed by atoms with Crippen molar-refractivity contribution < 1.29 is 4.74 Å². The van der Waals surface area contributed by atoms with Crippen LogP contribution in [0, 0.1) is 6.92 Å². The lowest BCUT2D eigenvalue weighted by molar-refractivity contribution is 0.413. The van der Waals surface area contributed by atoms with Gasteiger partial charge in [-0.15, -0.1) is 0 Å². The van der Waals surface area contributed by atoms with Crippen molar-refractivity contribution in [1.82, 2.24) is 24.5 Å². The summed E-state index contributed by atoms with van der Waals surface area (Å²) in [4.78, 5) is 18.5. The van der Waals surface area contributed by atoms with Crippen LogP contribution < -0.4 is 15.0 Å². The molecule has 1 aromatic carbocycles. The summed E-state index contributed by atoms with van der Waals surface area (Å²) in [7, 11) is 5.29. The number of halogens is 1. The third kappa shape index (κ3) is 3.80. The molecule has 3 aromatic rings. The zero-order valence-electron chi connectivity index (χ0n) is 14.4. The first-order valence-electron chi connectivity index (χ1n) is 7.51. The minimum Gasteiger partial charge on any atom is -0.494 e. The number of nitrogens with zero attached hydrogens (tertiary/aromatic N) is 6. The van der Waals surface area contributed by atoms with Crippen LogP contribution in [0.15, 0.2) is 30.7 Å². The molecule has 0 bridgehead atoms. The fraction of sp³-hybridized carbons (Fsp3) is 0.250. The van der Waals surface area contributed by atoms with Crippen molar-refractivity contribution in [3.63, 3.8) is 0 Å². The van der Waals surface area contributed by atoms with Crippen LogP contribution in [0.25, 0.3) is 5.69 Å². The summed E-state index contributed by atoms with van der Waals surface area (Å²) in [6, 6.07) is 5.69. The van der Waals surface area contributed by atoms with Crippen molar-refractivity contribution in [3.05, 3.63) is 41.7 Å². The zero-order chi connectivity index (χ0) is 18.0. The van der Waals surface area contributed by atoms with Crippen molar-refractivity contribution in [1.29, 1.82) is 0 Å². The molecule has 0 radical (unpaired) electrons. The van der Waals surface area contributed by atoms with Crippen molar-refractivity contribution in [2.24, 2.45) is 0 Å². The molecule has 0 aliphatic rings. The van der Waals surface area contributed by atoms with Gasteiger partial charge in [-0.05, 0) is 30.7 Å². The van der Waals surface area contributed by atoms with Gasteiger partial charge in [0.05, 0.1) is 24.8 Å². The Balaban J connectivity index is 1.91. The topological polar surface area (TPSA) is 81.0 Å². The summed E-state index contributed by atoms with van der Waals surface area (Å²) in [5.74, 6) is 1.52. The first-order chi connectivity index (χ1) is 12.0. The third-order valence-corrected chi connectivity index (χ3v) is 3.59. The quantitative estimate of drug-likeness (QED) is 0.750. The van der Waals surface area contributed by atoms with Crippen LogP contribution in [0.3, 0.4) is 0 Å². The van der Waals surface area contributed by atoms with Crippen molar-refractivity contribution >= 4 is 29.2 Å². The number of nitrogens with one attached hydrogen (secondary N) is 1. The molecular weight excluding hydrogens is 342 g/mol. The van der Waals surface area contributed by atoms with E-state index < -0.39 is 0 Å². The number of anilines is 3. The fourth-order valence-electron chi connectivity index (χ4n) is 2.25. The van der Waals surface area contributed by atoms with E-state index in [4.69, 9.17) is 16.3 Å². The Kier molecular flexibility index (Phi) is 4.71. The summed E-state index contributed by atoms with van der Waals surface area (Å²) in [6.45, 7) is 1.94. The summed E-state index contributed by atoms with van der Waals surface area (Å²) in [6.07, 6.45) is 3.68. The van der Waals surface area contributed by atoms with Crippen LogP contribution in [-0.4, -0.2) is 45.7 Å². The lowest BCUT2D eigenvalue weighted by atomic mass is 10.2. The molecule has 2 heterocycles. The van der Waals surface area contributed by atoms with Crippen LogP contribution in [0.1, 0.15) is 5.69 Å². The number of aryl methyl sites for hydroxylation is 1. The van der Waals surface area contributed by atoms with E-state index in [9.17, 15) is 0 Å². The van der Waals surface area contributed by atoms with Crippen LogP contribution in [0.4, 0.5) is 17.6 Å². The summed E-state index contributed by atoms with van der Waals surface area (Å²) in [5, 5.41) is 3.24. The minimum absolute atomic E-state index is 0.124. The molecule has 0 saturated heterocycles. The van der Waals surface area contributed by atoms with E-state index in [0.717, 1.165) is 17.1 Å². The Labute approximate surface area is 150 Å². The van der Waals surface area contributed by atoms with Gasteiger partial charge in [0.25, 0.3) is 0 Å². The van der Waals surface area contributed by atoms with Gasteiger partial charge >= 0.3 is 0 Å². The summed E-state index contributed by atoms with van der Waals surface area (Å²) < 4.78 is 7.40. The van der Waals surface area contributed by atoms with Crippen molar-refractivity contribution in [3.8, 4) is 11.4 Å². The van der Waals surface area contributed by atoms with Crippen LogP contribution in [-0.2, 0) is 0 Å². The van der Waals surface area contributed by atoms with Crippen molar-refractivity contribution in [2.75, 3.05) is 31.4 Å². The fourth-order valence-corrected chi connectivity index (χ4v) is 2.40. The number of ether oxygens (including phenoxy) is 1. The normalized spacial score (nSPS) is 10.6. The molecule has 0 amide bonds. The molecule has 0 aliphatic carbocycles. The second-order valence-electron chi connectivity index (χ2n) is 5.56. The molecule has 0 atom stereocenters. The molecule has 0 aliphatic heterocycles. The Morgan fingerprint density at radius 1 is 1.20 bits per heavy atom. The average molecular weight is 360 g/mol. The van der Waals surface area contributed by atoms with E-state index in [1.54, 1.807) is 18.3 Å². The standard InChI is InChI=1S/C16H18ClN7O/c1-10-8-24(9-18-10)12-6-5-11(7-13(12)25-4)19-15-20-14(17)21-16(22-15)23(2)3/h5-9H,1-4H3,(H,19,20,21,22). The first-order valence-corrected chi connectivity index (χ1v) is 7.89. The second-order valence-corrected chi connectivity index (χ2v) is 5.89. The third-order valence-electron chi connectivity index (χ3n) is 3.42. The number of rotatable bonds is 5. The number of benzene rings is 1. The Bertz CT molecular complexity index is 894. The maximum Gasteiger partial charge on any atom is 0.233 e. The van der Waals surface area contributed by atoms with E-state index in [1.807, 2.05) is 50.0 Å². The highest BCUT2D eigenvalue weighted by atomic mass is 35.5. The molecule has 1 N–H and O–H groups in total. The average Bonchev–Trinajstić information content (AvgIpc) is 3.00. The van der Waals surface area contributed by atoms with Gasteiger partial charge in [0, 0.05) is 32.0 Å². The van der Waals surface area contributed by atoms with Crippen LogP contribution in [0.2, 0.25) is 5.28 Å². The number of aromatic nitrogens is 5. The number of methoxy groups -OCH3 is 1. The SMILES string of the molecule is COc1cc(Nc2nc(Cl)nc(N(C)C)n2)ccc1-n1cnc(C)c1. The summed E-state index contributed by atoms with van der Waals surface area (Å²) in [5.41, 5.74) is 2.58. The van der Waals surface area contributed by atoms with Gasteiger partial charge in [-0.1, -0.05) is 0 Å². The van der Waals surface area contributed by atoms with Gasteiger partial charge in [0.15, 0.2) is 0 Å². The smallest absolute Gasteiger partial charge is 0.233 e. The predicted octanol–water partition coefficient (Wildman–Crippen LogP) is 2.84. The Morgan fingerprint density at radius 3 is 2.64 bits per heavy atom. The van der Waals surface area contributed by atoms with Crippen LogP contribution >= 0.6 is 11.6 Å². The highest BCUT2D eigenvalue weighted by Crippen LogP contribution is 2.28. The van der Waals surface area contributed by atoms with Crippen molar-refractivity contribution in [2.45, 2.75) is 6.92 Å². The largest absolute Gasteiger partial charge is 0.494 e. The van der Waals surface area contributed by atoms with Gasteiger partial charge in [0.2, 0.25) is 17.2 Å². The number of hydrogen-bond donors (Lipinski definition) is 1. The second kappa shape index (κ2) is 6.94. The molecular formula is C16H18ClN7O. The summed E-state index contributed by atoms with van der Waals surface area (Å²) >= 11 is 5.96. The molecule has 0 saturated carbocycles. The minimum atomic E-state index is 0.124. The molecule has 0 fully saturated rings. The van der Waals surface area contributed by atoms with Gasteiger partial charge in [-0.25, -0.2) is 4.98 Å². The zero-order valence-corrected chi connectivity index (χ0v) is 15.1. The first kappa shape index (κ1) is 17.0. The highest BCUT2D eigenvalue weighted by Gasteiger charge is 2.10. The monoisotopic (exact) mass is 359 g/mol. The lowest BCUT2D eigenvalue weighted by Crippen LogP contribution is -2.14. The predicted molar refractivity (Wildman–Crippen MR) is 97.3 cm³/mol. The number of imidazole rings is 1. The van der Waals surface area contributed by atoms with E-state index in [-0.39, 0.29) is 5.28 Å². The number of hydrogen-bond acceptors (Lipinski definition) is 7. The Morgan fingerprint density at radius 2 is 2.00 bits per heavy atom. The van der Waals surface area contributed by atoms with Crippen LogP contribution in [0.5, 0.6) is 5.75 Å². The van der Waals surface area contributed by atoms with E-state index in [2.05, 4.69) is 25.3 Å². The van der Waals surface area contributed by atoms with Gasteiger partial charge < -0.3 is 19.5 Å². The van der Waals surface area contributed by atoms with Gasteiger partial charge in [-0.2, -0.15) is 15.0 Å². The van der Waals surface area contributed by atoms with E-state index in [1.165, 1.54) is 0 Å². The Hall–Kier alpha value is -2.87.